The normalized spacial score (nSPS) is 19.2. The number of hydrogen-bond donors (Lipinski definition) is 0. The first-order valence-corrected chi connectivity index (χ1v) is 11.6. The van der Waals surface area contributed by atoms with Gasteiger partial charge in [0, 0.05) is 43.9 Å². The van der Waals surface area contributed by atoms with E-state index in [4.69, 9.17) is 0 Å². The molecule has 1 saturated carbocycles. The lowest BCUT2D eigenvalue weighted by Gasteiger charge is -2.37. The van der Waals surface area contributed by atoms with Crippen LogP contribution in [0.4, 0.5) is 0 Å². The summed E-state index contributed by atoms with van der Waals surface area (Å²) in [7, 11) is -3.36. The Bertz CT molecular complexity index is 820. The van der Waals surface area contributed by atoms with E-state index in [0.29, 0.717) is 31.7 Å². The second-order valence-electron chi connectivity index (χ2n) is 7.70. The number of aryl methyl sites for hydroxylation is 1. The van der Waals surface area contributed by atoms with Crippen LogP contribution in [0.25, 0.3) is 0 Å². The summed E-state index contributed by atoms with van der Waals surface area (Å²) < 4.78 is 23.6. The molecule has 2 amide bonds. The molecule has 27 heavy (non-hydrogen) atoms. The number of benzene rings is 1. The Kier molecular flexibility index (Phi) is 5.89. The molecule has 0 bridgehead atoms. The average Bonchev–Trinajstić information content (AvgIpc) is 2.67. The van der Waals surface area contributed by atoms with Crippen LogP contribution in [0.5, 0.6) is 0 Å². The first-order valence-electron chi connectivity index (χ1n) is 9.66. The molecular formula is C20H28N2O4S. The quantitative estimate of drug-likeness (QED) is 0.791. The summed E-state index contributed by atoms with van der Waals surface area (Å²) in [5.74, 6) is 0.217. The van der Waals surface area contributed by atoms with E-state index in [2.05, 4.69) is 0 Å². The van der Waals surface area contributed by atoms with Crippen LogP contribution in [0.1, 0.15) is 48.0 Å². The molecule has 148 valence electrons. The molecule has 0 radical (unpaired) electrons. The van der Waals surface area contributed by atoms with Crippen LogP contribution in [0.3, 0.4) is 0 Å². The van der Waals surface area contributed by atoms with Crippen LogP contribution < -0.4 is 0 Å². The molecule has 0 atom stereocenters. The third-order valence-corrected chi connectivity index (χ3v) is 6.81. The first kappa shape index (κ1) is 19.9. The fraction of sp³-hybridized carbons (Fsp3) is 0.600. The van der Waals surface area contributed by atoms with Crippen LogP contribution >= 0.6 is 0 Å². The van der Waals surface area contributed by atoms with E-state index in [1.807, 2.05) is 11.8 Å². The zero-order chi connectivity index (χ0) is 19.6. The number of piperazine rings is 1. The van der Waals surface area contributed by atoms with E-state index in [0.717, 1.165) is 37.5 Å². The number of amides is 2. The monoisotopic (exact) mass is 392 g/mol. The lowest BCUT2D eigenvalue weighted by atomic mass is 9.88. The maximum Gasteiger partial charge on any atom is 0.254 e. The van der Waals surface area contributed by atoms with Crippen molar-refractivity contribution in [1.82, 2.24) is 9.80 Å². The molecule has 2 aliphatic rings. The fourth-order valence-electron chi connectivity index (χ4n) is 3.97. The third-order valence-electron chi connectivity index (χ3n) is 5.70. The van der Waals surface area contributed by atoms with Gasteiger partial charge in [0.1, 0.15) is 0 Å². The molecule has 2 fully saturated rings. The predicted molar refractivity (Wildman–Crippen MR) is 103 cm³/mol. The Balaban J connectivity index is 1.66. The molecule has 1 aromatic rings. The van der Waals surface area contributed by atoms with Crippen molar-refractivity contribution in [3.05, 3.63) is 29.3 Å². The molecule has 0 N–H and O–H groups in total. The molecule has 0 spiro atoms. The third kappa shape index (κ3) is 4.51. The molecule has 1 aliphatic heterocycles. The molecule has 1 aliphatic carbocycles. The van der Waals surface area contributed by atoms with E-state index >= 15 is 0 Å². The summed E-state index contributed by atoms with van der Waals surface area (Å²) in [5.41, 5.74) is 1.18. The molecule has 6 nitrogen and oxygen atoms in total. The van der Waals surface area contributed by atoms with Gasteiger partial charge in [0.15, 0.2) is 9.84 Å². The van der Waals surface area contributed by atoms with Gasteiger partial charge in [-0.3, -0.25) is 9.59 Å². The molecule has 7 heteroatoms. The lowest BCUT2D eigenvalue weighted by Crippen LogP contribution is -2.52. The molecule has 0 aromatic heterocycles. The molecule has 1 heterocycles. The van der Waals surface area contributed by atoms with Crippen molar-refractivity contribution >= 4 is 21.7 Å². The second kappa shape index (κ2) is 8.00. The Morgan fingerprint density at radius 2 is 1.56 bits per heavy atom. The highest BCUT2D eigenvalue weighted by Crippen LogP contribution is 2.26. The number of sulfone groups is 1. The first-order chi connectivity index (χ1) is 12.8. The van der Waals surface area contributed by atoms with Gasteiger partial charge in [0.25, 0.3) is 5.91 Å². The van der Waals surface area contributed by atoms with E-state index in [9.17, 15) is 18.0 Å². The fourth-order valence-corrected chi connectivity index (χ4v) is 4.62. The molecule has 1 aromatic carbocycles. The Morgan fingerprint density at radius 3 is 2.15 bits per heavy atom. The van der Waals surface area contributed by atoms with Gasteiger partial charge in [-0.05, 0) is 37.5 Å². The van der Waals surface area contributed by atoms with Crippen molar-refractivity contribution < 1.29 is 18.0 Å². The minimum absolute atomic E-state index is 0.148. The summed E-state index contributed by atoms with van der Waals surface area (Å²) in [6, 6.07) is 4.67. The zero-order valence-corrected chi connectivity index (χ0v) is 16.9. The molecule has 0 unspecified atom stereocenters. The van der Waals surface area contributed by atoms with Gasteiger partial charge < -0.3 is 9.80 Å². The Hall–Kier alpha value is -1.89. The van der Waals surface area contributed by atoms with Crippen LogP contribution in [-0.4, -0.2) is 62.5 Å². The highest BCUT2D eigenvalue weighted by Gasteiger charge is 2.30. The van der Waals surface area contributed by atoms with Crippen molar-refractivity contribution in [3.63, 3.8) is 0 Å². The largest absolute Gasteiger partial charge is 0.339 e. The standard InChI is InChI=1S/C20H28N2O4S/c1-15-8-9-17(27(2,25)26)14-18(15)20(24)22-12-10-21(11-13-22)19(23)16-6-4-3-5-7-16/h8-9,14,16H,3-7,10-13H2,1-2H3. The number of hydrogen-bond acceptors (Lipinski definition) is 4. The lowest BCUT2D eigenvalue weighted by molar-refractivity contribution is -0.138. The van der Waals surface area contributed by atoms with Crippen LogP contribution in [-0.2, 0) is 14.6 Å². The zero-order valence-electron chi connectivity index (χ0n) is 16.1. The van der Waals surface area contributed by atoms with Gasteiger partial charge in [0.05, 0.1) is 4.90 Å². The number of carbonyl (C=O) groups is 2. The van der Waals surface area contributed by atoms with E-state index in [1.54, 1.807) is 11.0 Å². The minimum atomic E-state index is -3.36. The summed E-state index contributed by atoms with van der Waals surface area (Å²) in [6.45, 7) is 3.87. The molecular weight excluding hydrogens is 364 g/mol. The maximum absolute atomic E-state index is 12.9. The highest BCUT2D eigenvalue weighted by molar-refractivity contribution is 7.90. The second-order valence-corrected chi connectivity index (χ2v) is 9.72. The van der Waals surface area contributed by atoms with Gasteiger partial charge in [-0.2, -0.15) is 0 Å². The van der Waals surface area contributed by atoms with Crippen molar-refractivity contribution in [2.75, 3.05) is 32.4 Å². The number of rotatable bonds is 3. The number of carbonyl (C=O) groups excluding carboxylic acids is 2. The van der Waals surface area contributed by atoms with E-state index < -0.39 is 9.84 Å². The Morgan fingerprint density at radius 1 is 0.963 bits per heavy atom. The number of nitrogens with zero attached hydrogens (tertiary/aromatic N) is 2. The van der Waals surface area contributed by atoms with E-state index in [-0.39, 0.29) is 22.6 Å². The van der Waals surface area contributed by atoms with Gasteiger partial charge in [-0.1, -0.05) is 25.3 Å². The minimum Gasteiger partial charge on any atom is -0.339 e. The average molecular weight is 393 g/mol. The highest BCUT2D eigenvalue weighted by atomic mass is 32.2. The predicted octanol–water partition coefficient (Wildman–Crippen LogP) is 2.26. The SMILES string of the molecule is Cc1ccc(S(C)(=O)=O)cc1C(=O)N1CCN(C(=O)C2CCCCC2)CC1. The summed E-state index contributed by atoms with van der Waals surface area (Å²) in [6.07, 6.45) is 6.58. The van der Waals surface area contributed by atoms with Gasteiger partial charge in [0.2, 0.25) is 5.91 Å². The molecule has 1 saturated heterocycles. The van der Waals surface area contributed by atoms with Crippen LogP contribution in [0.2, 0.25) is 0 Å². The van der Waals surface area contributed by atoms with Crippen molar-refractivity contribution in [1.29, 1.82) is 0 Å². The summed E-state index contributed by atoms with van der Waals surface area (Å²) in [5, 5.41) is 0. The molecule has 3 rings (SSSR count). The van der Waals surface area contributed by atoms with Crippen molar-refractivity contribution in [3.8, 4) is 0 Å². The van der Waals surface area contributed by atoms with Crippen LogP contribution in [0, 0.1) is 12.8 Å². The van der Waals surface area contributed by atoms with Gasteiger partial charge >= 0.3 is 0 Å². The van der Waals surface area contributed by atoms with Crippen molar-refractivity contribution in [2.45, 2.75) is 43.9 Å². The smallest absolute Gasteiger partial charge is 0.254 e. The van der Waals surface area contributed by atoms with E-state index in [1.165, 1.54) is 18.6 Å². The van der Waals surface area contributed by atoms with Gasteiger partial charge in [-0.25, -0.2) is 8.42 Å². The summed E-state index contributed by atoms with van der Waals surface area (Å²) in [4.78, 5) is 29.3. The Labute approximate surface area is 161 Å². The topological polar surface area (TPSA) is 74.8 Å². The maximum atomic E-state index is 12.9. The van der Waals surface area contributed by atoms with Crippen molar-refractivity contribution in [2.24, 2.45) is 5.92 Å². The van der Waals surface area contributed by atoms with Crippen LogP contribution in [0.15, 0.2) is 23.1 Å². The summed E-state index contributed by atoms with van der Waals surface area (Å²) >= 11 is 0. The van der Waals surface area contributed by atoms with Gasteiger partial charge in [-0.15, -0.1) is 0 Å².